The molecule has 0 aliphatic heterocycles. The topological polar surface area (TPSA) is 52.6 Å². The Morgan fingerprint density at radius 2 is 0.800 bits per heavy atom. The first-order valence-electron chi connectivity index (χ1n) is 11.7. The highest BCUT2D eigenvalue weighted by molar-refractivity contribution is 5.89. The Hall–Kier alpha value is -4.18. The van der Waals surface area contributed by atoms with Gasteiger partial charge in [0.25, 0.3) is 0 Å². The monoisotopic (exact) mass is 464 g/mol. The van der Waals surface area contributed by atoms with Gasteiger partial charge in [-0.2, -0.15) is 0 Å². The highest BCUT2D eigenvalue weighted by Gasteiger charge is 2.34. The van der Waals surface area contributed by atoms with Gasteiger partial charge < -0.3 is 9.47 Å². The van der Waals surface area contributed by atoms with Crippen LogP contribution >= 0.6 is 0 Å². The smallest absolute Gasteiger partial charge is 0.338 e. The second-order valence-corrected chi connectivity index (χ2v) is 8.32. The van der Waals surface area contributed by atoms with Crippen LogP contribution in [0.2, 0.25) is 0 Å². The summed E-state index contributed by atoms with van der Waals surface area (Å²) in [5, 5.41) is 0. The largest absolute Gasteiger partial charge is 0.462 e. The van der Waals surface area contributed by atoms with Crippen molar-refractivity contribution >= 4 is 11.9 Å². The molecule has 4 aromatic carbocycles. The van der Waals surface area contributed by atoms with E-state index < -0.39 is 5.41 Å². The molecule has 4 nitrogen and oxygen atoms in total. The highest BCUT2D eigenvalue weighted by Crippen LogP contribution is 2.39. The zero-order valence-electron chi connectivity index (χ0n) is 19.5. The van der Waals surface area contributed by atoms with Gasteiger partial charge in [-0.3, -0.25) is 0 Å². The molecule has 4 heteroatoms. The Balaban J connectivity index is 1.56. The zero-order chi connectivity index (χ0) is 24.3. The van der Waals surface area contributed by atoms with Gasteiger partial charge in [-0.05, 0) is 48.2 Å². The molecular formula is C31H28O4. The molecule has 0 N–H and O–H groups in total. The van der Waals surface area contributed by atoms with Gasteiger partial charge in [0.15, 0.2) is 0 Å². The molecule has 0 unspecified atom stereocenters. The maximum absolute atomic E-state index is 12.6. The summed E-state index contributed by atoms with van der Waals surface area (Å²) in [6.07, 6.45) is 1.09. The van der Waals surface area contributed by atoms with Crippen LogP contribution in [0.1, 0.15) is 44.7 Å². The Morgan fingerprint density at radius 3 is 1.14 bits per heavy atom. The number of benzene rings is 4. The van der Waals surface area contributed by atoms with Crippen LogP contribution in [0, 0.1) is 0 Å². The Kier molecular flexibility index (Phi) is 8.08. The second kappa shape index (κ2) is 11.8. The van der Waals surface area contributed by atoms with Crippen molar-refractivity contribution in [1.29, 1.82) is 0 Å². The molecule has 0 radical (unpaired) electrons. The molecule has 0 aliphatic carbocycles. The summed E-state index contributed by atoms with van der Waals surface area (Å²) in [4.78, 5) is 25.1. The second-order valence-electron chi connectivity index (χ2n) is 8.32. The number of hydrogen-bond donors (Lipinski definition) is 0. The van der Waals surface area contributed by atoms with Crippen molar-refractivity contribution < 1.29 is 19.1 Å². The van der Waals surface area contributed by atoms with Crippen molar-refractivity contribution in [3.63, 3.8) is 0 Å². The molecule has 0 aliphatic rings. The van der Waals surface area contributed by atoms with Crippen molar-refractivity contribution in [3.8, 4) is 0 Å². The summed E-state index contributed by atoms with van der Waals surface area (Å²) in [6, 6.07) is 38.2. The number of esters is 2. The molecule has 0 saturated carbocycles. The lowest BCUT2D eigenvalue weighted by Crippen LogP contribution is -2.32. The van der Waals surface area contributed by atoms with Crippen LogP contribution in [0.5, 0.6) is 0 Å². The zero-order valence-corrected chi connectivity index (χ0v) is 19.5. The van der Waals surface area contributed by atoms with E-state index in [1.807, 2.05) is 72.8 Å². The first kappa shape index (κ1) is 24.0. The minimum atomic E-state index is -0.504. The fourth-order valence-electron chi connectivity index (χ4n) is 4.33. The third-order valence-corrected chi connectivity index (χ3v) is 6.20. The van der Waals surface area contributed by atoms with Gasteiger partial charge in [-0.1, -0.05) is 97.1 Å². The summed E-state index contributed by atoms with van der Waals surface area (Å²) in [7, 11) is 0. The van der Waals surface area contributed by atoms with Gasteiger partial charge in [0.2, 0.25) is 0 Å². The number of hydrogen-bond acceptors (Lipinski definition) is 4. The summed E-state index contributed by atoms with van der Waals surface area (Å²) >= 11 is 0. The SMILES string of the molecule is O=C(OCCC(CCOC(=O)c1ccccc1)(c1ccccc1)c1ccccc1)c1ccccc1. The minimum Gasteiger partial charge on any atom is -0.462 e. The Bertz CT molecular complexity index is 1110. The summed E-state index contributed by atoms with van der Waals surface area (Å²) in [6.45, 7) is 0.453. The van der Waals surface area contributed by atoms with Gasteiger partial charge >= 0.3 is 11.9 Å². The third kappa shape index (κ3) is 6.04. The van der Waals surface area contributed by atoms with E-state index in [0.29, 0.717) is 24.0 Å². The fourth-order valence-corrected chi connectivity index (χ4v) is 4.33. The minimum absolute atomic E-state index is 0.226. The third-order valence-electron chi connectivity index (χ3n) is 6.20. The van der Waals surface area contributed by atoms with Crippen molar-refractivity contribution in [2.24, 2.45) is 0 Å². The first-order valence-corrected chi connectivity index (χ1v) is 11.7. The predicted octanol–water partition coefficient (Wildman–Crippen LogP) is 6.47. The molecule has 0 saturated heterocycles. The quantitative estimate of drug-likeness (QED) is 0.253. The molecule has 0 heterocycles. The Labute approximate surface area is 206 Å². The van der Waals surface area contributed by atoms with Crippen LogP contribution in [0.25, 0.3) is 0 Å². The predicted molar refractivity (Wildman–Crippen MR) is 136 cm³/mol. The van der Waals surface area contributed by atoms with Gasteiger partial charge in [0.05, 0.1) is 24.3 Å². The van der Waals surface area contributed by atoms with Gasteiger partial charge in [0, 0.05) is 5.41 Å². The molecule has 176 valence electrons. The Morgan fingerprint density at radius 1 is 0.486 bits per heavy atom. The maximum Gasteiger partial charge on any atom is 0.338 e. The average molecular weight is 465 g/mol. The number of carbonyl (C=O) groups is 2. The fraction of sp³-hybridized carbons (Fsp3) is 0.161. The molecule has 4 aromatic rings. The van der Waals surface area contributed by atoms with Crippen molar-refractivity contribution in [3.05, 3.63) is 144 Å². The van der Waals surface area contributed by atoms with Crippen LogP contribution in [0.3, 0.4) is 0 Å². The van der Waals surface area contributed by atoms with E-state index in [1.165, 1.54) is 0 Å². The van der Waals surface area contributed by atoms with Crippen molar-refractivity contribution in [2.75, 3.05) is 13.2 Å². The van der Waals surface area contributed by atoms with E-state index in [1.54, 1.807) is 24.3 Å². The number of ether oxygens (including phenoxy) is 2. The first-order chi connectivity index (χ1) is 17.2. The standard InChI is InChI=1S/C31H28O4/c32-29(25-13-5-1-6-14-25)34-23-21-31(27-17-9-3-10-18-27,28-19-11-4-12-20-28)22-24-35-30(33)26-15-7-2-8-16-26/h1-20H,21-24H2. The van der Waals surface area contributed by atoms with E-state index in [-0.39, 0.29) is 25.2 Å². The maximum atomic E-state index is 12.6. The van der Waals surface area contributed by atoms with Crippen LogP contribution in [0.15, 0.2) is 121 Å². The summed E-state index contributed by atoms with van der Waals surface area (Å²) < 4.78 is 11.4. The molecule has 4 rings (SSSR count). The molecule has 0 spiro atoms. The molecule has 0 amide bonds. The molecule has 35 heavy (non-hydrogen) atoms. The highest BCUT2D eigenvalue weighted by atomic mass is 16.5. The van der Waals surface area contributed by atoms with E-state index in [0.717, 1.165) is 11.1 Å². The van der Waals surface area contributed by atoms with E-state index in [4.69, 9.17) is 9.47 Å². The molecule has 0 aromatic heterocycles. The molecule has 0 atom stereocenters. The normalized spacial score (nSPS) is 11.0. The summed E-state index contributed by atoms with van der Waals surface area (Å²) in [5.74, 6) is -0.702. The van der Waals surface area contributed by atoms with E-state index in [9.17, 15) is 9.59 Å². The number of carbonyl (C=O) groups excluding carboxylic acids is 2. The van der Waals surface area contributed by atoms with Gasteiger partial charge in [-0.15, -0.1) is 0 Å². The van der Waals surface area contributed by atoms with Crippen LogP contribution in [-0.4, -0.2) is 25.2 Å². The molecule has 0 fully saturated rings. The number of rotatable bonds is 10. The van der Waals surface area contributed by atoms with E-state index in [2.05, 4.69) is 24.3 Å². The van der Waals surface area contributed by atoms with E-state index >= 15 is 0 Å². The van der Waals surface area contributed by atoms with Crippen LogP contribution in [-0.2, 0) is 14.9 Å². The van der Waals surface area contributed by atoms with Crippen molar-refractivity contribution in [1.82, 2.24) is 0 Å². The van der Waals surface area contributed by atoms with Crippen LogP contribution < -0.4 is 0 Å². The molecular weight excluding hydrogens is 436 g/mol. The lowest BCUT2D eigenvalue weighted by Gasteiger charge is -2.35. The lowest BCUT2D eigenvalue weighted by molar-refractivity contribution is 0.0438. The summed E-state index contributed by atoms with van der Waals surface area (Å²) in [5.41, 5.74) is 2.70. The molecule has 0 bridgehead atoms. The van der Waals surface area contributed by atoms with Gasteiger partial charge in [-0.25, -0.2) is 9.59 Å². The lowest BCUT2D eigenvalue weighted by atomic mass is 9.70. The average Bonchev–Trinajstić information content (AvgIpc) is 2.94. The van der Waals surface area contributed by atoms with Gasteiger partial charge in [0.1, 0.15) is 0 Å². The van der Waals surface area contributed by atoms with Crippen molar-refractivity contribution in [2.45, 2.75) is 18.3 Å². The van der Waals surface area contributed by atoms with Crippen LogP contribution in [0.4, 0.5) is 0 Å².